The van der Waals surface area contributed by atoms with Crippen LogP contribution in [0.1, 0.15) is 33.1 Å². The molecule has 2 fully saturated rings. The van der Waals surface area contributed by atoms with Crippen LogP contribution in [-0.2, 0) is 0 Å². The third-order valence-electron chi connectivity index (χ3n) is 3.75. The standard InChI is InChI=1S/C13H25N3S/c1-11(2)9-14-13(17)16-8-4-7-15-6-3-5-12(15)10-16/h11-12H,3-10H2,1-2H3,(H,14,17). The van der Waals surface area contributed by atoms with Gasteiger partial charge in [-0.15, -0.1) is 0 Å². The zero-order valence-electron chi connectivity index (χ0n) is 11.1. The van der Waals surface area contributed by atoms with E-state index in [2.05, 4.69) is 29.0 Å². The van der Waals surface area contributed by atoms with Gasteiger partial charge in [-0.3, -0.25) is 4.90 Å². The highest BCUT2D eigenvalue weighted by Crippen LogP contribution is 2.21. The SMILES string of the molecule is CC(C)CNC(=S)N1CCCN2CCCC2C1. The van der Waals surface area contributed by atoms with Crippen molar-refractivity contribution in [2.75, 3.05) is 32.7 Å². The van der Waals surface area contributed by atoms with Crippen LogP contribution >= 0.6 is 12.2 Å². The van der Waals surface area contributed by atoms with Gasteiger partial charge in [-0.2, -0.15) is 0 Å². The van der Waals surface area contributed by atoms with Crippen LogP contribution in [0.25, 0.3) is 0 Å². The molecule has 1 N–H and O–H groups in total. The molecule has 17 heavy (non-hydrogen) atoms. The molecule has 1 unspecified atom stereocenters. The summed E-state index contributed by atoms with van der Waals surface area (Å²) >= 11 is 5.51. The number of nitrogens with one attached hydrogen (secondary N) is 1. The lowest BCUT2D eigenvalue weighted by Gasteiger charge is -2.28. The Morgan fingerprint density at radius 1 is 1.29 bits per heavy atom. The summed E-state index contributed by atoms with van der Waals surface area (Å²) in [4.78, 5) is 5.03. The molecule has 2 saturated heterocycles. The Balaban J connectivity index is 1.85. The monoisotopic (exact) mass is 255 g/mol. The Hall–Kier alpha value is -0.350. The number of hydrogen-bond acceptors (Lipinski definition) is 2. The highest BCUT2D eigenvalue weighted by Gasteiger charge is 2.29. The zero-order valence-corrected chi connectivity index (χ0v) is 11.9. The molecule has 2 aliphatic heterocycles. The predicted octanol–water partition coefficient (Wildman–Crippen LogP) is 1.69. The van der Waals surface area contributed by atoms with Crippen molar-refractivity contribution in [3.05, 3.63) is 0 Å². The quantitative estimate of drug-likeness (QED) is 0.757. The van der Waals surface area contributed by atoms with E-state index in [1.807, 2.05) is 0 Å². The third kappa shape index (κ3) is 3.55. The highest BCUT2D eigenvalue weighted by atomic mass is 32.1. The van der Waals surface area contributed by atoms with Crippen molar-refractivity contribution in [3.63, 3.8) is 0 Å². The van der Waals surface area contributed by atoms with E-state index in [4.69, 9.17) is 12.2 Å². The summed E-state index contributed by atoms with van der Waals surface area (Å²) in [5.74, 6) is 0.655. The van der Waals surface area contributed by atoms with Gasteiger partial charge in [0.25, 0.3) is 0 Å². The maximum atomic E-state index is 5.51. The molecule has 2 heterocycles. The summed E-state index contributed by atoms with van der Waals surface area (Å²) in [6.45, 7) is 10.2. The number of nitrogens with zero attached hydrogens (tertiary/aromatic N) is 2. The molecule has 0 aromatic carbocycles. The molecule has 0 bridgehead atoms. The molecule has 4 heteroatoms. The highest BCUT2D eigenvalue weighted by molar-refractivity contribution is 7.80. The topological polar surface area (TPSA) is 18.5 Å². The number of rotatable bonds is 2. The van der Waals surface area contributed by atoms with Gasteiger partial charge >= 0.3 is 0 Å². The molecule has 0 aromatic rings. The Kier molecular flexibility index (Phi) is 4.62. The Morgan fingerprint density at radius 2 is 2.06 bits per heavy atom. The molecule has 0 spiro atoms. The average molecular weight is 255 g/mol. The Labute approximate surface area is 111 Å². The van der Waals surface area contributed by atoms with Gasteiger partial charge in [0.15, 0.2) is 5.11 Å². The first kappa shape index (κ1) is 13.1. The predicted molar refractivity (Wildman–Crippen MR) is 76.2 cm³/mol. The van der Waals surface area contributed by atoms with Crippen molar-refractivity contribution in [1.29, 1.82) is 0 Å². The van der Waals surface area contributed by atoms with E-state index < -0.39 is 0 Å². The summed E-state index contributed by atoms with van der Waals surface area (Å²) in [6, 6.07) is 0.747. The molecule has 2 rings (SSSR count). The summed E-state index contributed by atoms with van der Waals surface area (Å²) in [5, 5.41) is 4.36. The van der Waals surface area contributed by atoms with Gasteiger partial charge in [-0.25, -0.2) is 0 Å². The van der Waals surface area contributed by atoms with E-state index in [0.717, 1.165) is 30.8 Å². The molecule has 98 valence electrons. The second kappa shape index (κ2) is 6.01. The zero-order chi connectivity index (χ0) is 12.3. The minimum Gasteiger partial charge on any atom is -0.362 e. The van der Waals surface area contributed by atoms with E-state index in [1.165, 1.54) is 32.4 Å². The lowest BCUT2D eigenvalue weighted by molar-refractivity contribution is 0.255. The van der Waals surface area contributed by atoms with Gasteiger partial charge in [0.2, 0.25) is 0 Å². The number of fused-ring (bicyclic) bond motifs is 1. The number of thiocarbonyl (C=S) groups is 1. The molecule has 0 aromatic heterocycles. The second-order valence-electron chi connectivity index (χ2n) is 5.71. The molecular formula is C13H25N3S. The van der Waals surface area contributed by atoms with Gasteiger partial charge in [-0.1, -0.05) is 13.8 Å². The van der Waals surface area contributed by atoms with E-state index >= 15 is 0 Å². The van der Waals surface area contributed by atoms with Crippen LogP contribution < -0.4 is 5.32 Å². The molecular weight excluding hydrogens is 230 g/mol. The van der Waals surface area contributed by atoms with Crippen molar-refractivity contribution in [1.82, 2.24) is 15.1 Å². The molecule has 0 aliphatic carbocycles. The lowest BCUT2D eigenvalue weighted by Crippen LogP contribution is -2.45. The largest absolute Gasteiger partial charge is 0.362 e. The third-order valence-corrected chi connectivity index (χ3v) is 4.15. The summed E-state index contributed by atoms with van der Waals surface area (Å²) in [6.07, 6.45) is 3.97. The first-order chi connectivity index (χ1) is 8.16. The minimum atomic E-state index is 0.655. The Bertz CT molecular complexity index is 267. The normalized spacial score (nSPS) is 25.8. The first-order valence-electron chi connectivity index (χ1n) is 6.93. The minimum absolute atomic E-state index is 0.655. The molecule has 3 nitrogen and oxygen atoms in total. The Morgan fingerprint density at radius 3 is 2.82 bits per heavy atom. The maximum absolute atomic E-state index is 5.51. The first-order valence-corrected chi connectivity index (χ1v) is 7.34. The molecule has 0 radical (unpaired) electrons. The van der Waals surface area contributed by atoms with Gasteiger partial charge < -0.3 is 10.2 Å². The fourth-order valence-electron chi connectivity index (χ4n) is 2.79. The summed E-state index contributed by atoms with van der Waals surface area (Å²) < 4.78 is 0. The number of hydrogen-bond donors (Lipinski definition) is 1. The van der Waals surface area contributed by atoms with E-state index in [0.29, 0.717) is 5.92 Å². The molecule has 0 saturated carbocycles. The van der Waals surface area contributed by atoms with Crippen LogP contribution in [0.3, 0.4) is 0 Å². The van der Waals surface area contributed by atoms with Crippen molar-refractivity contribution >= 4 is 17.3 Å². The van der Waals surface area contributed by atoms with Crippen LogP contribution in [0.15, 0.2) is 0 Å². The van der Waals surface area contributed by atoms with Gasteiger partial charge in [0.05, 0.1) is 0 Å². The molecule has 2 aliphatic rings. The van der Waals surface area contributed by atoms with Gasteiger partial charge in [-0.05, 0) is 43.9 Å². The van der Waals surface area contributed by atoms with Crippen LogP contribution in [0, 0.1) is 5.92 Å². The van der Waals surface area contributed by atoms with Crippen molar-refractivity contribution in [2.45, 2.75) is 39.2 Å². The van der Waals surface area contributed by atoms with E-state index in [1.54, 1.807) is 0 Å². The van der Waals surface area contributed by atoms with Crippen LogP contribution in [0.4, 0.5) is 0 Å². The fourth-order valence-corrected chi connectivity index (χ4v) is 3.04. The average Bonchev–Trinajstić information content (AvgIpc) is 2.63. The smallest absolute Gasteiger partial charge is 0.168 e. The van der Waals surface area contributed by atoms with E-state index in [9.17, 15) is 0 Å². The van der Waals surface area contributed by atoms with Crippen LogP contribution in [0.5, 0.6) is 0 Å². The fraction of sp³-hybridized carbons (Fsp3) is 0.923. The van der Waals surface area contributed by atoms with Crippen molar-refractivity contribution < 1.29 is 0 Å². The van der Waals surface area contributed by atoms with Gasteiger partial charge in [0, 0.05) is 32.2 Å². The summed E-state index contributed by atoms with van der Waals surface area (Å²) in [7, 11) is 0. The van der Waals surface area contributed by atoms with Gasteiger partial charge in [0.1, 0.15) is 0 Å². The lowest BCUT2D eigenvalue weighted by atomic mass is 10.2. The van der Waals surface area contributed by atoms with Crippen LogP contribution in [0.2, 0.25) is 0 Å². The van der Waals surface area contributed by atoms with E-state index in [-0.39, 0.29) is 0 Å². The maximum Gasteiger partial charge on any atom is 0.168 e. The van der Waals surface area contributed by atoms with Crippen molar-refractivity contribution in [2.24, 2.45) is 5.92 Å². The van der Waals surface area contributed by atoms with Crippen LogP contribution in [-0.4, -0.2) is 53.7 Å². The molecule has 0 amide bonds. The molecule has 1 atom stereocenters. The summed E-state index contributed by atoms with van der Waals surface area (Å²) in [5.41, 5.74) is 0. The second-order valence-corrected chi connectivity index (χ2v) is 6.10. The van der Waals surface area contributed by atoms with Crippen molar-refractivity contribution in [3.8, 4) is 0 Å².